The summed E-state index contributed by atoms with van der Waals surface area (Å²) in [5.74, 6) is 1.02. The molecule has 0 spiro atoms. The number of methoxy groups -OCH3 is 1. The molecule has 1 aliphatic carbocycles. The molecular formula is C17H20N4O2. The third-order valence-corrected chi connectivity index (χ3v) is 3.96. The largest absolute Gasteiger partial charge is 0.495 e. The topological polar surface area (TPSA) is 76.1 Å². The highest BCUT2D eigenvalue weighted by molar-refractivity contribution is 5.93. The van der Waals surface area contributed by atoms with E-state index >= 15 is 0 Å². The molecule has 0 radical (unpaired) electrons. The van der Waals surface area contributed by atoms with Crippen molar-refractivity contribution in [2.24, 2.45) is 0 Å². The van der Waals surface area contributed by atoms with Crippen molar-refractivity contribution in [3.63, 3.8) is 0 Å². The van der Waals surface area contributed by atoms with Gasteiger partial charge in [-0.15, -0.1) is 0 Å². The van der Waals surface area contributed by atoms with Gasteiger partial charge in [-0.25, -0.2) is 9.97 Å². The Hall–Kier alpha value is -2.63. The summed E-state index contributed by atoms with van der Waals surface area (Å²) in [7, 11) is 1.61. The normalized spacial score (nSPS) is 14.5. The number of aromatic nitrogens is 2. The van der Waals surface area contributed by atoms with E-state index in [2.05, 4.69) is 20.6 Å². The van der Waals surface area contributed by atoms with Gasteiger partial charge in [-0.1, -0.05) is 25.0 Å². The third kappa shape index (κ3) is 3.77. The van der Waals surface area contributed by atoms with Crippen molar-refractivity contribution < 1.29 is 9.53 Å². The van der Waals surface area contributed by atoms with Gasteiger partial charge in [0.15, 0.2) is 0 Å². The summed E-state index contributed by atoms with van der Waals surface area (Å²) in [6.07, 6.45) is 7.55. The fourth-order valence-electron chi connectivity index (χ4n) is 2.72. The number of hydrogen-bond donors (Lipinski definition) is 2. The van der Waals surface area contributed by atoms with Crippen LogP contribution in [0.1, 0.15) is 36.0 Å². The number of ether oxygens (including phenoxy) is 1. The number of hydrogen-bond acceptors (Lipinski definition) is 5. The number of nitrogens with zero attached hydrogens (tertiary/aromatic N) is 2. The minimum Gasteiger partial charge on any atom is -0.495 e. The van der Waals surface area contributed by atoms with Crippen LogP contribution in [0.2, 0.25) is 0 Å². The van der Waals surface area contributed by atoms with Gasteiger partial charge in [0, 0.05) is 18.4 Å². The molecule has 1 heterocycles. The fourth-order valence-corrected chi connectivity index (χ4v) is 2.72. The molecule has 0 saturated heterocycles. The zero-order valence-electron chi connectivity index (χ0n) is 13.1. The van der Waals surface area contributed by atoms with Gasteiger partial charge in [0.1, 0.15) is 5.75 Å². The van der Waals surface area contributed by atoms with Crippen LogP contribution in [-0.2, 0) is 0 Å². The molecule has 120 valence electrons. The van der Waals surface area contributed by atoms with Crippen molar-refractivity contribution in [1.82, 2.24) is 15.3 Å². The lowest BCUT2D eigenvalue weighted by Gasteiger charge is -2.12. The Morgan fingerprint density at radius 3 is 2.57 bits per heavy atom. The van der Waals surface area contributed by atoms with E-state index in [1.807, 2.05) is 24.3 Å². The molecule has 3 rings (SSSR count). The van der Waals surface area contributed by atoms with Crippen molar-refractivity contribution >= 4 is 17.5 Å². The lowest BCUT2D eigenvalue weighted by atomic mass is 10.2. The number of carbonyl (C=O) groups excluding carboxylic acids is 1. The first-order valence-electron chi connectivity index (χ1n) is 7.79. The smallest absolute Gasteiger partial charge is 0.254 e. The molecule has 0 atom stereocenters. The molecule has 1 aromatic carbocycles. The quantitative estimate of drug-likeness (QED) is 0.888. The highest BCUT2D eigenvalue weighted by Crippen LogP contribution is 2.25. The molecular weight excluding hydrogens is 292 g/mol. The van der Waals surface area contributed by atoms with Crippen LogP contribution in [0.3, 0.4) is 0 Å². The van der Waals surface area contributed by atoms with E-state index in [0.717, 1.165) is 18.5 Å². The van der Waals surface area contributed by atoms with Crippen LogP contribution in [0.25, 0.3) is 0 Å². The fraction of sp³-hybridized carbons (Fsp3) is 0.353. The molecule has 1 saturated carbocycles. The lowest BCUT2D eigenvalue weighted by Crippen LogP contribution is -2.32. The van der Waals surface area contributed by atoms with Crippen LogP contribution >= 0.6 is 0 Å². The molecule has 1 aromatic heterocycles. The number of rotatable bonds is 5. The molecule has 2 N–H and O–H groups in total. The molecule has 6 nitrogen and oxygen atoms in total. The first kappa shape index (κ1) is 15.3. The Labute approximate surface area is 135 Å². The average molecular weight is 312 g/mol. The molecule has 0 unspecified atom stereocenters. The van der Waals surface area contributed by atoms with E-state index in [1.54, 1.807) is 7.11 Å². The molecule has 1 amide bonds. The standard InChI is InChI=1S/C17H20N4O2/c1-23-15-9-5-4-8-14(15)21-17-18-10-12(11-19-17)16(22)20-13-6-2-3-7-13/h4-5,8-11,13H,2-3,6-7H2,1H3,(H,20,22)(H,18,19,21). The summed E-state index contributed by atoms with van der Waals surface area (Å²) in [6.45, 7) is 0. The van der Waals surface area contributed by atoms with Crippen molar-refractivity contribution in [1.29, 1.82) is 0 Å². The van der Waals surface area contributed by atoms with Crippen LogP contribution in [0, 0.1) is 0 Å². The van der Waals surface area contributed by atoms with Crippen LogP contribution < -0.4 is 15.4 Å². The van der Waals surface area contributed by atoms with Gasteiger partial charge in [0.2, 0.25) is 5.95 Å². The van der Waals surface area contributed by atoms with Gasteiger partial charge in [-0.3, -0.25) is 4.79 Å². The molecule has 1 aliphatic rings. The number of para-hydroxylation sites is 2. The molecule has 0 bridgehead atoms. The van der Waals surface area contributed by atoms with E-state index in [4.69, 9.17) is 4.74 Å². The molecule has 6 heteroatoms. The minimum atomic E-state index is -0.110. The monoisotopic (exact) mass is 312 g/mol. The molecule has 2 aromatic rings. The number of nitrogens with one attached hydrogen (secondary N) is 2. The number of benzene rings is 1. The predicted molar refractivity (Wildman–Crippen MR) is 88.0 cm³/mol. The van der Waals surface area contributed by atoms with Crippen molar-refractivity contribution in [3.05, 3.63) is 42.2 Å². The number of amides is 1. The Balaban J connectivity index is 1.65. The summed E-state index contributed by atoms with van der Waals surface area (Å²) >= 11 is 0. The van der Waals surface area contributed by atoms with E-state index in [0.29, 0.717) is 17.3 Å². The summed E-state index contributed by atoms with van der Waals surface area (Å²) in [5, 5.41) is 6.11. The van der Waals surface area contributed by atoms with E-state index in [-0.39, 0.29) is 11.9 Å². The highest BCUT2D eigenvalue weighted by atomic mass is 16.5. The first-order valence-corrected chi connectivity index (χ1v) is 7.79. The average Bonchev–Trinajstić information content (AvgIpc) is 3.09. The molecule has 23 heavy (non-hydrogen) atoms. The Morgan fingerprint density at radius 1 is 1.17 bits per heavy atom. The summed E-state index contributed by atoms with van der Waals surface area (Å²) in [6, 6.07) is 7.80. The number of anilines is 2. The van der Waals surface area contributed by atoms with Gasteiger partial charge in [0.05, 0.1) is 18.4 Å². The van der Waals surface area contributed by atoms with E-state index in [9.17, 15) is 4.79 Å². The predicted octanol–water partition coefficient (Wildman–Crippen LogP) is 2.90. The highest BCUT2D eigenvalue weighted by Gasteiger charge is 2.18. The maximum Gasteiger partial charge on any atom is 0.254 e. The summed E-state index contributed by atoms with van der Waals surface area (Å²) in [4.78, 5) is 20.6. The first-order chi connectivity index (χ1) is 11.3. The summed E-state index contributed by atoms with van der Waals surface area (Å²) in [5.41, 5.74) is 1.25. The Morgan fingerprint density at radius 2 is 1.87 bits per heavy atom. The maximum atomic E-state index is 12.1. The Bertz CT molecular complexity index is 667. The van der Waals surface area contributed by atoms with Crippen molar-refractivity contribution in [3.8, 4) is 5.75 Å². The second kappa shape index (κ2) is 7.09. The zero-order valence-corrected chi connectivity index (χ0v) is 13.1. The lowest BCUT2D eigenvalue weighted by molar-refractivity contribution is 0.0937. The third-order valence-electron chi connectivity index (χ3n) is 3.96. The minimum absolute atomic E-state index is 0.110. The van der Waals surface area contributed by atoms with Gasteiger partial charge >= 0.3 is 0 Å². The van der Waals surface area contributed by atoms with Gasteiger partial charge in [-0.2, -0.15) is 0 Å². The molecule has 1 fully saturated rings. The SMILES string of the molecule is COc1ccccc1Nc1ncc(C(=O)NC2CCCC2)cn1. The van der Waals surface area contributed by atoms with Crippen LogP contribution in [0.4, 0.5) is 11.6 Å². The zero-order chi connectivity index (χ0) is 16.1. The van der Waals surface area contributed by atoms with Crippen LogP contribution in [-0.4, -0.2) is 29.0 Å². The maximum absolute atomic E-state index is 12.1. The van der Waals surface area contributed by atoms with Gasteiger partial charge < -0.3 is 15.4 Å². The van der Waals surface area contributed by atoms with Crippen molar-refractivity contribution in [2.45, 2.75) is 31.7 Å². The number of carbonyl (C=O) groups is 1. The van der Waals surface area contributed by atoms with Gasteiger partial charge in [-0.05, 0) is 25.0 Å². The van der Waals surface area contributed by atoms with Crippen LogP contribution in [0.5, 0.6) is 5.75 Å². The van der Waals surface area contributed by atoms with Gasteiger partial charge in [0.25, 0.3) is 5.91 Å². The second-order valence-electron chi connectivity index (χ2n) is 5.58. The van der Waals surface area contributed by atoms with Crippen molar-refractivity contribution in [2.75, 3.05) is 12.4 Å². The van der Waals surface area contributed by atoms with E-state index < -0.39 is 0 Å². The molecule has 0 aliphatic heterocycles. The summed E-state index contributed by atoms with van der Waals surface area (Å²) < 4.78 is 5.27. The second-order valence-corrected chi connectivity index (χ2v) is 5.58. The van der Waals surface area contributed by atoms with E-state index in [1.165, 1.54) is 25.2 Å². The Kier molecular flexibility index (Phi) is 4.71. The van der Waals surface area contributed by atoms with Crippen LogP contribution in [0.15, 0.2) is 36.7 Å².